The van der Waals surface area contributed by atoms with Gasteiger partial charge < -0.3 is 14.4 Å². The van der Waals surface area contributed by atoms with Crippen LogP contribution in [0.1, 0.15) is 10.4 Å². The molecule has 0 aromatic carbocycles. The highest BCUT2D eigenvalue weighted by atomic mass is 16.5. The number of hydrogen-bond acceptors (Lipinski definition) is 4. The maximum atomic E-state index is 10.9. The number of pyridine rings is 1. The Morgan fingerprint density at radius 3 is 2.94 bits per heavy atom. The average molecular weight is 219 g/mol. The largest absolute Gasteiger partial charge is 0.478 e. The topological polar surface area (TPSA) is 77.2 Å². The van der Waals surface area contributed by atoms with Gasteiger partial charge in [0.1, 0.15) is 5.56 Å². The second-order valence-electron chi connectivity index (χ2n) is 3.10. The highest BCUT2D eigenvalue weighted by Crippen LogP contribution is 2.22. The van der Waals surface area contributed by atoms with Gasteiger partial charge in [0.15, 0.2) is 5.75 Å². The van der Waals surface area contributed by atoms with Crippen molar-refractivity contribution in [2.24, 2.45) is 7.05 Å². The minimum atomic E-state index is -1.06. The fourth-order valence-electron chi connectivity index (χ4n) is 1.19. The van der Waals surface area contributed by atoms with Crippen LogP contribution in [0, 0.1) is 0 Å². The van der Waals surface area contributed by atoms with E-state index in [0.29, 0.717) is 6.01 Å². The van der Waals surface area contributed by atoms with Crippen LogP contribution in [-0.4, -0.2) is 25.6 Å². The monoisotopic (exact) mass is 219 g/mol. The van der Waals surface area contributed by atoms with Gasteiger partial charge in [-0.2, -0.15) is 0 Å². The summed E-state index contributed by atoms with van der Waals surface area (Å²) in [5.41, 5.74) is 0.0537. The predicted molar refractivity (Wildman–Crippen MR) is 54.5 cm³/mol. The summed E-state index contributed by atoms with van der Waals surface area (Å²) in [4.78, 5) is 18.6. The van der Waals surface area contributed by atoms with Gasteiger partial charge >= 0.3 is 12.0 Å². The van der Waals surface area contributed by atoms with Crippen molar-refractivity contribution < 1.29 is 14.6 Å². The van der Waals surface area contributed by atoms with E-state index in [1.54, 1.807) is 24.0 Å². The van der Waals surface area contributed by atoms with Crippen LogP contribution < -0.4 is 4.74 Å². The summed E-state index contributed by atoms with van der Waals surface area (Å²) in [5, 5.41) is 8.93. The fraction of sp³-hybridized carbons (Fsp3) is 0.100. The zero-order chi connectivity index (χ0) is 11.5. The molecule has 2 rings (SSSR count). The van der Waals surface area contributed by atoms with E-state index in [0.717, 1.165) is 0 Å². The number of carboxylic acids is 1. The summed E-state index contributed by atoms with van der Waals surface area (Å²) >= 11 is 0. The van der Waals surface area contributed by atoms with Gasteiger partial charge in [0.2, 0.25) is 0 Å². The minimum absolute atomic E-state index is 0.0537. The van der Waals surface area contributed by atoms with Crippen molar-refractivity contribution in [2.45, 2.75) is 0 Å². The number of rotatable bonds is 3. The minimum Gasteiger partial charge on any atom is -0.478 e. The average Bonchev–Trinajstić information content (AvgIpc) is 2.65. The van der Waals surface area contributed by atoms with E-state index in [2.05, 4.69) is 9.97 Å². The van der Waals surface area contributed by atoms with E-state index in [-0.39, 0.29) is 11.3 Å². The molecule has 0 saturated heterocycles. The quantitative estimate of drug-likeness (QED) is 0.841. The van der Waals surface area contributed by atoms with Crippen molar-refractivity contribution >= 4 is 5.97 Å². The predicted octanol–water partition coefficient (Wildman–Crippen LogP) is 1.31. The molecular formula is C10H9N3O3. The molecule has 0 bridgehead atoms. The number of imidazole rings is 1. The summed E-state index contributed by atoms with van der Waals surface area (Å²) < 4.78 is 6.99. The van der Waals surface area contributed by atoms with Crippen molar-refractivity contribution in [3.05, 3.63) is 36.4 Å². The lowest BCUT2D eigenvalue weighted by molar-refractivity contribution is 0.0693. The molecular weight excluding hydrogens is 210 g/mol. The van der Waals surface area contributed by atoms with Gasteiger partial charge in [0.25, 0.3) is 0 Å². The molecule has 0 saturated carbocycles. The van der Waals surface area contributed by atoms with Crippen molar-refractivity contribution in [3.63, 3.8) is 0 Å². The standard InChI is InChI=1S/C10H9N3O3/c1-13-5-4-12-10(13)16-8-6-11-3-2-7(8)9(14)15/h2-6H,1H3,(H,14,15). The molecule has 1 N–H and O–H groups in total. The van der Waals surface area contributed by atoms with Crippen LogP contribution in [0.15, 0.2) is 30.9 Å². The van der Waals surface area contributed by atoms with Crippen LogP contribution in [0.3, 0.4) is 0 Å². The van der Waals surface area contributed by atoms with Crippen LogP contribution in [0.4, 0.5) is 0 Å². The number of carbonyl (C=O) groups is 1. The molecule has 2 aromatic heterocycles. The van der Waals surface area contributed by atoms with E-state index in [9.17, 15) is 4.79 Å². The van der Waals surface area contributed by atoms with Crippen LogP contribution in [0.2, 0.25) is 0 Å². The van der Waals surface area contributed by atoms with Crippen molar-refractivity contribution in [1.29, 1.82) is 0 Å². The molecule has 16 heavy (non-hydrogen) atoms. The van der Waals surface area contributed by atoms with E-state index >= 15 is 0 Å². The lowest BCUT2D eigenvalue weighted by atomic mass is 10.2. The Morgan fingerprint density at radius 1 is 1.50 bits per heavy atom. The number of nitrogens with zero attached hydrogens (tertiary/aromatic N) is 3. The molecule has 0 aliphatic carbocycles. The van der Waals surface area contributed by atoms with E-state index in [4.69, 9.17) is 9.84 Å². The first kappa shape index (κ1) is 10.2. The maximum Gasteiger partial charge on any atom is 0.339 e. The van der Waals surface area contributed by atoms with Crippen LogP contribution in [0.25, 0.3) is 0 Å². The Hall–Kier alpha value is -2.37. The maximum absolute atomic E-state index is 10.9. The van der Waals surface area contributed by atoms with Gasteiger partial charge in [-0.05, 0) is 6.07 Å². The van der Waals surface area contributed by atoms with E-state index < -0.39 is 5.97 Å². The highest BCUT2D eigenvalue weighted by Gasteiger charge is 2.13. The molecule has 6 heteroatoms. The molecule has 0 spiro atoms. The van der Waals surface area contributed by atoms with E-state index in [1.807, 2.05) is 0 Å². The number of ether oxygens (including phenoxy) is 1. The molecule has 6 nitrogen and oxygen atoms in total. The molecule has 2 heterocycles. The second-order valence-corrected chi connectivity index (χ2v) is 3.10. The molecule has 0 unspecified atom stereocenters. The summed E-state index contributed by atoms with van der Waals surface area (Å²) in [5.74, 6) is -0.893. The third kappa shape index (κ3) is 1.85. The Kier molecular flexibility index (Phi) is 2.55. The summed E-state index contributed by atoms with van der Waals surface area (Å²) in [6.07, 6.45) is 6.01. The zero-order valence-corrected chi connectivity index (χ0v) is 8.49. The smallest absolute Gasteiger partial charge is 0.339 e. The molecule has 0 radical (unpaired) electrons. The van der Waals surface area contributed by atoms with Gasteiger partial charge in [-0.15, -0.1) is 0 Å². The van der Waals surface area contributed by atoms with Crippen LogP contribution in [0.5, 0.6) is 11.8 Å². The first-order valence-electron chi connectivity index (χ1n) is 4.51. The Balaban J connectivity index is 2.35. The summed E-state index contributed by atoms with van der Waals surface area (Å²) in [6.45, 7) is 0. The Bertz CT molecular complexity index is 522. The normalized spacial score (nSPS) is 10.1. The first-order chi connectivity index (χ1) is 7.68. The lowest BCUT2D eigenvalue weighted by Gasteiger charge is -2.06. The Labute approximate surface area is 91.1 Å². The third-order valence-electron chi connectivity index (χ3n) is 1.99. The Morgan fingerprint density at radius 2 is 2.31 bits per heavy atom. The zero-order valence-electron chi connectivity index (χ0n) is 8.49. The van der Waals surface area contributed by atoms with Crippen molar-refractivity contribution in [1.82, 2.24) is 14.5 Å². The SMILES string of the molecule is Cn1ccnc1Oc1cnccc1C(=O)O. The van der Waals surface area contributed by atoms with Gasteiger partial charge in [0.05, 0.1) is 6.20 Å². The van der Waals surface area contributed by atoms with Gasteiger partial charge in [-0.3, -0.25) is 4.98 Å². The molecule has 0 aliphatic rings. The molecule has 0 amide bonds. The van der Waals surface area contributed by atoms with Crippen molar-refractivity contribution in [3.8, 4) is 11.8 Å². The molecule has 0 fully saturated rings. The first-order valence-corrected chi connectivity index (χ1v) is 4.51. The van der Waals surface area contributed by atoms with Crippen LogP contribution in [-0.2, 0) is 7.05 Å². The number of aromatic nitrogens is 3. The number of aromatic carboxylic acids is 1. The van der Waals surface area contributed by atoms with Gasteiger partial charge in [-0.1, -0.05) is 0 Å². The van der Waals surface area contributed by atoms with Gasteiger partial charge in [0, 0.05) is 25.6 Å². The molecule has 0 aliphatic heterocycles. The van der Waals surface area contributed by atoms with Crippen LogP contribution >= 0.6 is 0 Å². The summed E-state index contributed by atoms with van der Waals surface area (Å²) in [6, 6.07) is 1.69. The highest BCUT2D eigenvalue weighted by molar-refractivity contribution is 5.90. The lowest BCUT2D eigenvalue weighted by Crippen LogP contribution is -2.02. The molecule has 82 valence electrons. The fourth-order valence-corrected chi connectivity index (χ4v) is 1.19. The van der Waals surface area contributed by atoms with Crippen molar-refractivity contribution in [2.75, 3.05) is 0 Å². The number of carboxylic acid groups (broad SMARTS) is 1. The third-order valence-corrected chi connectivity index (χ3v) is 1.99. The molecule has 0 atom stereocenters. The number of aryl methyl sites for hydroxylation is 1. The van der Waals surface area contributed by atoms with E-state index in [1.165, 1.54) is 18.5 Å². The molecule has 2 aromatic rings. The summed E-state index contributed by atoms with van der Waals surface area (Å²) in [7, 11) is 1.75. The number of hydrogen-bond donors (Lipinski definition) is 1. The second kappa shape index (κ2) is 4.01. The van der Waals surface area contributed by atoms with Gasteiger partial charge in [-0.25, -0.2) is 9.78 Å².